The Hall–Kier alpha value is -3.39. The Labute approximate surface area is 202 Å². The minimum absolute atomic E-state index is 0.0635. The largest absolute Gasteiger partial charge is 0.359 e. The van der Waals surface area contributed by atoms with E-state index in [1.165, 1.54) is 11.0 Å². The lowest BCUT2D eigenvalue weighted by atomic mass is 9.94. The van der Waals surface area contributed by atoms with Crippen LogP contribution in [0.2, 0.25) is 5.02 Å². The van der Waals surface area contributed by atoms with Crippen molar-refractivity contribution < 1.29 is 19.2 Å². The van der Waals surface area contributed by atoms with Crippen molar-refractivity contribution in [2.75, 3.05) is 29.9 Å². The first-order chi connectivity index (χ1) is 16.4. The first-order valence-corrected chi connectivity index (χ1v) is 11.9. The van der Waals surface area contributed by atoms with Crippen LogP contribution < -0.4 is 15.5 Å². The highest BCUT2D eigenvalue weighted by molar-refractivity contribution is 6.33. The van der Waals surface area contributed by atoms with Crippen molar-refractivity contribution in [3.05, 3.63) is 58.1 Å². The van der Waals surface area contributed by atoms with Crippen molar-refractivity contribution in [2.45, 2.75) is 38.1 Å². The summed E-state index contributed by atoms with van der Waals surface area (Å²) in [7, 11) is 0. The molecule has 0 radical (unpaired) electrons. The summed E-state index contributed by atoms with van der Waals surface area (Å²) in [6, 6.07) is 9.67. The number of hydrogen-bond acceptors (Lipinski definition) is 5. The summed E-state index contributed by atoms with van der Waals surface area (Å²) in [5.41, 5.74) is 2.13. The summed E-state index contributed by atoms with van der Waals surface area (Å²) in [6.07, 6.45) is 4.81. The molecule has 2 aromatic rings. The topological polar surface area (TPSA) is 98.8 Å². The number of rotatable bonds is 4. The lowest BCUT2D eigenvalue weighted by Gasteiger charge is -2.29. The van der Waals surface area contributed by atoms with E-state index in [0.717, 1.165) is 37.8 Å². The molecule has 0 atom stereocenters. The summed E-state index contributed by atoms with van der Waals surface area (Å²) >= 11 is 6.43. The van der Waals surface area contributed by atoms with Crippen molar-refractivity contribution in [2.24, 2.45) is 0 Å². The second-order valence-corrected chi connectivity index (χ2v) is 9.33. The third-order valence-corrected chi connectivity index (χ3v) is 7.01. The molecule has 1 aliphatic carbocycles. The first-order valence-electron chi connectivity index (χ1n) is 11.6. The lowest BCUT2D eigenvalue weighted by molar-refractivity contribution is -0.120. The third-order valence-electron chi connectivity index (χ3n) is 6.70. The normalized spacial score (nSPS) is 18.7. The number of fused-ring (bicyclic) bond motifs is 1. The maximum Gasteiger partial charge on any atom is 0.261 e. The lowest BCUT2D eigenvalue weighted by Crippen LogP contribution is -2.47. The zero-order valence-corrected chi connectivity index (χ0v) is 19.4. The van der Waals surface area contributed by atoms with E-state index in [9.17, 15) is 19.2 Å². The van der Waals surface area contributed by atoms with Gasteiger partial charge in [-0.3, -0.25) is 24.1 Å². The number of piperazine rings is 1. The molecule has 3 aliphatic rings. The molecule has 0 bridgehead atoms. The molecule has 1 saturated heterocycles. The zero-order valence-electron chi connectivity index (χ0n) is 18.6. The van der Waals surface area contributed by atoms with Gasteiger partial charge >= 0.3 is 0 Å². The Kier molecular flexibility index (Phi) is 6.00. The fourth-order valence-corrected chi connectivity index (χ4v) is 5.26. The number of nitrogens with zero attached hydrogens (tertiary/aromatic N) is 2. The van der Waals surface area contributed by atoms with Gasteiger partial charge in [0.15, 0.2) is 0 Å². The molecule has 2 N–H and O–H groups in total. The van der Waals surface area contributed by atoms with Gasteiger partial charge in [-0.25, -0.2) is 0 Å². The van der Waals surface area contributed by atoms with E-state index in [0.29, 0.717) is 34.9 Å². The smallest absolute Gasteiger partial charge is 0.261 e. The summed E-state index contributed by atoms with van der Waals surface area (Å²) in [5.74, 6) is -1.06. The van der Waals surface area contributed by atoms with E-state index in [-0.39, 0.29) is 35.9 Å². The molecule has 176 valence electrons. The molecular formula is C25H25ClN4O4. The fraction of sp³-hybridized carbons (Fsp3) is 0.360. The van der Waals surface area contributed by atoms with Crippen molar-refractivity contribution in [1.82, 2.24) is 10.2 Å². The number of imide groups is 1. The van der Waals surface area contributed by atoms with Gasteiger partial charge in [-0.1, -0.05) is 30.9 Å². The van der Waals surface area contributed by atoms with Gasteiger partial charge in [0.05, 0.1) is 28.4 Å². The average molecular weight is 481 g/mol. The van der Waals surface area contributed by atoms with Crippen LogP contribution in [0.25, 0.3) is 0 Å². The Morgan fingerprint density at radius 3 is 2.47 bits per heavy atom. The Morgan fingerprint density at radius 1 is 0.971 bits per heavy atom. The van der Waals surface area contributed by atoms with Gasteiger partial charge in [-0.2, -0.15) is 0 Å². The number of carbonyl (C=O) groups is 4. The molecule has 9 heteroatoms. The van der Waals surface area contributed by atoms with Crippen LogP contribution in [0.1, 0.15) is 63.2 Å². The molecule has 0 aromatic heterocycles. The molecule has 4 amide bonds. The Balaban J connectivity index is 1.31. The number of hydrogen-bond donors (Lipinski definition) is 2. The van der Waals surface area contributed by atoms with Crippen LogP contribution in [-0.2, 0) is 4.79 Å². The number of benzene rings is 2. The highest BCUT2D eigenvalue weighted by Crippen LogP contribution is 2.32. The Bertz CT molecular complexity index is 1190. The van der Waals surface area contributed by atoms with Crippen molar-refractivity contribution in [1.29, 1.82) is 0 Å². The summed E-state index contributed by atoms with van der Waals surface area (Å²) in [5, 5.41) is 5.99. The second kappa shape index (κ2) is 9.10. The average Bonchev–Trinajstić information content (AvgIpc) is 3.09. The van der Waals surface area contributed by atoms with E-state index in [4.69, 9.17) is 11.6 Å². The summed E-state index contributed by atoms with van der Waals surface area (Å²) < 4.78 is 0. The predicted molar refractivity (Wildman–Crippen MR) is 128 cm³/mol. The summed E-state index contributed by atoms with van der Waals surface area (Å²) in [4.78, 5) is 53.7. The van der Waals surface area contributed by atoms with Crippen LogP contribution in [0.15, 0.2) is 36.4 Å². The fourth-order valence-electron chi connectivity index (χ4n) is 4.96. The number of anilines is 2. The quantitative estimate of drug-likeness (QED) is 0.653. The second-order valence-electron chi connectivity index (χ2n) is 8.92. The van der Waals surface area contributed by atoms with Crippen molar-refractivity contribution in [3.63, 3.8) is 0 Å². The molecule has 1 saturated carbocycles. The Morgan fingerprint density at radius 2 is 1.74 bits per heavy atom. The van der Waals surface area contributed by atoms with E-state index < -0.39 is 5.91 Å². The maximum absolute atomic E-state index is 13.0. The van der Waals surface area contributed by atoms with Gasteiger partial charge in [0.1, 0.15) is 0 Å². The molecule has 0 spiro atoms. The maximum atomic E-state index is 13.0. The molecule has 5 rings (SSSR count). The van der Waals surface area contributed by atoms with Gasteiger partial charge in [0.25, 0.3) is 17.7 Å². The first kappa shape index (κ1) is 22.4. The standard InChI is InChI=1S/C25H25ClN4O4/c26-20-13-16(7-9-21(20)29-11-10-27-22(31)14-29)28-23(32)15-6-8-18-19(12-15)25(34)30(24(18)33)17-4-2-1-3-5-17/h6-9,12-13,17H,1-5,10-11,14H2,(H,27,31)(H,28,32). The highest BCUT2D eigenvalue weighted by Gasteiger charge is 2.40. The molecule has 2 aromatic carbocycles. The minimum Gasteiger partial charge on any atom is -0.359 e. The molecule has 2 heterocycles. The van der Waals surface area contributed by atoms with Crippen LogP contribution in [-0.4, -0.2) is 54.2 Å². The minimum atomic E-state index is -0.402. The van der Waals surface area contributed by atoms with Gasteiger partial charge in [0.2, 0.25) is 5.91 Å². The van der Waals surface area contributed by atoms with Crippen molar-refractivity contribution >= 4 is 46.6 Å². The van der Waals surface area contributed by atoms with Crippen LogP contribution in [0.3, 0.4) is 0 Å². The van der Waals surface area contributed by atoms with E-state index in [1.807, 2.05) is 4.90 Å². The molecular weight excluding hydrogens is 456 g/mol. The molecule has 34 heavy (non-hydrogen) atoms. The summed E-state index contributed by atoms with van der Waals surface area (Å²) in [6.45, 7) is 1.42. The molecule has 2 aliphatic heterocycles. The zero-order chi connectivity index (χ0) is 23.8. The third kappa shape index (κ3) is 4.14. The number of amides is 4. The highest BCUT2D eigenvalue weighted by atomic mass is 35.5. The predicted octanol–water partition coefficient (Wildman–Crippen LogP) is 3.46. The molecule has 0 unspecified atom stereocenters. The van der Waals surface area contributed by atoms with Crippen molar-refractivity contribution in [3.8, 4) is 0 Å². The van der Waals surface area contributed by atoms with E-state index in [2.05, 4.69) is 10.6 Å². The number of halogens is 1. The SMILES string of the molecule is O=C1CN(c2ccc(NC(=O)c3ccc4c(c3)C(=O)N(C3CCCCC3)C4=O)cc2Cl)CCN1. The van der Waals surface area contributed by atoms with Crippen LogP contribution in [0, 0.1) is 0 Å². The van der Waals surface area contributed by atoms with Gasteiger partial charge < -0.3 is 15.5 Å². The van der Waals surface area contributed by atoms with Crippen LogP contribution >= 0.6 is 11.6 Å². The van der Waals surface area contributed by atoms with Gasteiger partial charge in [-0.05, 0) is 49.2 Å². The molecule has 2 fully saturated rings. The van der Waals surface area contributed by atoms with Gasteiger partial charge in [0, 0.05) is 30.4 Å². The van der Waals surface area contributed by atoms with E-state index in [1.54, 1.807) is 30.3 Å². The monoisotopic (exact) mass is 480 g/mol. The molecule has 8 nitrogen and oxygen atoms in total. The van der Waals surface area contributed by atoms with Crippen LogP contribution in [0.5, 0.6) is 0 Å². The number of carbonyl (C=O) groups excluding carboxylic acids is 4. The van der Waals surface area contributed by atoms with Crippen LogP contribution in [0.4, 0.5) is 11.4 Å². The van der Waals surface area contributed by atoms with Gasteiger partial charge in [-0.15, -0.1) is 0 Å². The van der Waals surface area contributed by atoms with E-state index >= 15 is 0 Å². The number of nitrogens with one attached hydrogen (secondary N) is 2.